The van der Waals surface area contributed by atoms with Crippen molar-refractivity contribution in [1.82, 2.24) is 19.6 Å². The zero-order valence-electron chi connectivity index (χ0n) is 18.4. The van der Waals surface area contributed by atoms with Crippen LogP contribution in [0, 0.1) is 0 Å². The van der Waals surface area contributed by atoms with Gasteiger partial charge < -0.3 is 19.6 Å². The van der Waals surface area contributed by atoms with Crippen molar-refractivity contribution in [2.45, 2.75) is 44.7 Å². The molecule has 3 amide bonds. The predicted molar refractivity (Wildman–Crippen MR) is 116 cm³/mol. The lowest BCUT2D eigenvalue weighted by molar-refractivity contribution is -0.161. The molecule has 0 N–H and O–H groups in total. The molecule has 30 heavy (non-hydrogen) atoms. The van der Waals surface area contributed by atoms with Crippen LogP contribution in [0.2, 0.25) is 0 Å². The van der Waals surface area contributed by atoms with Gasteiger partial charge >= 0.3 is 11.8 Å². The summed E-state index contributed by atoms with van der Waals surface area (Å²) >= 11 is 0. The SMILES string of the molecule is CCCCN1CCN([C@@H](C(=O)N(C)C2CCN(C)CC2)c2ccccc2)C(=O)C1=O. The summed E-state index contributed by atoms with van der Waals surface area (Å²) in [6.07, 6.45) is 3.67. The number of rotatable bonds is 7. The number of likely N-dealkylation sites (tertiary alicyclic amines) is 1. The summed E-state index contributed by atoms with van der Waals surface area (Å²) in [5.41, 5.74) is 0.755. The normalized spacial score (nSPS) is 19.8. The molecule has 0 aliphatic carbocycles. The summed E-state index contributed by atoms with van der Waals surface area (Å²) in [6, 6.07) is 8.75. The van der Waals surface area contributed by atoms with Crippen molar-refractivity contribution in [1.29, 1.82) is 0 Å². The fourth-order valence-electron chi connectivity index (χ4n) is 4.34. The monoisotopic (exact) mass is 414 g/mol. The molecular formula is C23H34N4O3. The average molecular weight is 415 g/mol. The third-order valence-electron chi connectivity index (χ3n) is 6.37. The van der Waals surface area contributed by atoms with E-state index >= 15 is 0 Å². The summed E-state index contributed by atoms with van der Waals surface area (Å²) < 4.78 is 0. The van der Waals surface area contributed by atoms with Gasteiger partial charge in [-0.1, -0.05) is 43.7 Å². The molecule has 2 aliphatic heterocycles. The van der Waals surface area contributed by atoms with Crippen LogP contribution in [0.1, 0.15) is 44.2 Å². The molecule has 7 heteroatoms. The minimum atomic E-state index is -0.763. The summed E-state index contributed by atoms with van der Waals surface area (Å²) in [4.78, 5) is 46.5. The van der Waals surface area contributed by atoms with Gasteiger partial charge in [0.1, 0.15) is 6.04 Å². The largest absolute Gasteiger partial charge is 0.341 e. The molecule has 1 aromatic rings. The summed E-state index contributed by atoms with van der Waals surface area (Å²) in [6.45, 7) is 5.40. The Morgan fingerprint density at radius 2 is 1.73 bits per heavy atom. The van der Waals surface area contributed by atoms with Crippen LogP contribution < -0.4 is 0 Å². The van der Waals surface area contributed by atoms with Gasteiger partial charge in [-0.3, -0.25) is 14.4 Å². The van der Waals surface area contributed by atoms with Crippen LogP contribution in [0.5, 0.6) is 0 Å². The van der Waals surface area contributed by atoms with E-state index in [2.05, 4.69) is 18.9 Å². The Labute approximate surface area is 179 Å². The number of piperidine rings is 1. The lowest BCUT2D eigenvalue weighted by Crippen LogP contribution is -2.58. The highest BCUT2D eigenvalue weighted by Crippen LogP contribution is 2.27. The fourth-order valence-corrected chi connectivity index (χ4v) is 4.34. The first-order chi connectivity index (χ1) is 14.4. The molecule has 3 rings (SSSR count). The maximum absolute atomic E-state index is 13.6. The number of carbonyl (C=O) groups excluding carboxylic acids is 3. The minimum Gasteiger partial charge on any atom is -0.341 e. The molecule has 0 aromatic heterocycles. The van der Waals surface area contributed by atoms with Crippen LogP contribution in [0.15, 0.2) is 30.3 Å². The Balaban J connectivity index is 1.82. The van der Waals surface area contributed by atoms with Crippen molar-refractivity contribution in [3.63, 3.8) is 0 Å². The van der Waals surface area contributed by atoms with E-state index in [1.54, 1.807) is 9.80 Å². The van der Waals surface area contributed by atoms with Crippen molar-refractivity contribution in [2.75, 3.05) is 46.8 Å². The molecule has 0 radical (unpaired) electrons. The van der Waals surface area contributed by atoms with Crippen molar-refractivity contribution in [3.05, 3.63) is 35.9 Å². The number of unbranched alkanes of at least 4 members (excludes halogenated alkanes) is 1. The number of piperazine rings is 1. The fraction of sp³-hybridized carbons (Fsp3) is 0.609. The molecule has 1 aromatic carbocycles. The second kappa shape index (κ2) is 10.1. The Hall–Kier alpha value is -2.41. The highest BCUT2D eigenvalue weighted by atomic mass is 16.2. The third-order valence-corrected chi connectivity index (χ3v) is 6.37. The number of nitrogens with zero attached hydrogens (tertiary/aromatic N) is 4. The van der Waals surface area contributed by atoms with Crippen molar-refractivity contribution in [2.24, 2.45) is 0 Å². The lowest BCUT2D eigenvalue weighted by atomic mass is 9.99. The first-order valence-electron chi connectivity index (χ1n) is 11.0. The first-order valence-corrected chi connectivity index (χ1v) is 11.0. The Morgan fingerprint density at radius 1 is 1.07 bits per heavy atom. The van der Waals surface area contributed by atoms with Crippen molar-refractivity contribution in [3.8, 4) is 0 Å². The number of amides is 3. The van der Waals surface area contributed by atoms with Crippen LogP contribution in [-0.2, 0) is 14.4 Å². The van der Waals surface area contributed by atoms with Gasteiger partial charge in [-0.2, -0.15) is 0 Å². The Bertz CT molecular complexity index is 746. The quantitative estimate of drug-likeness (QED) is 0.638. The molecule has 0 spiro atoms. The van der Waals surface area contributed by atoms with Crippen LogP contribution >= 0.6 is 0 Å². The van der Waals surface area contributed by atoms with Crippen LogP contribution in [0.3, 0.4) is 0 Å². The van der Waals surface area contributed by atoms with Gasteiger partial charge in [0, 0.05) is 32.7 Å². The standard InChI is InChI=1S/C23H34N4O3/c1-4-5-13-26-16-17-27(23(30)22(26)29)20(18-9-7-6-8-10-18)21(28)25(3)19-11-14-24(2)15-12-19/h6-10,19-20H,4-5,11-17H2,1-3H3/t20-/m1/s1. The number of likely N-dealkylation sites (N-methyl/N-ethyl adjacent to an activating group) is 1. The highest BCUT2D eigenvalue weighted by Gasteiger charge is 2.41. The van der Waals surface area contributed by atoms with Gasteiger partial charge in [-0.15, -0.1) is 0 Å². The maximum Gasteiger partial charge on any atom is 0.313 e. The van der Waals surface area contributed by atoms with E-state index in [9.17, 15) is 14.4 Å². The molecule has 2 fully saturated rings. The van der Waals surface area contributed by atoms with Crippen molar-refractivity contribution >= 4 is 17.7 Å². The Kier molecular flexibility index (Phi) is 7.48. The summed E-state index contributed by atoms with van der Waals surface area (Å²) in [5, 5.41) is 0. The van der Waals surface area contributed by atoms with E-state index < -0.39 is 17.9 Å². The smallest absolute Gasteiger partial charge is 0.313 e. The first kappa shape index (κ1) is 22.3. The van der Waals surface area contributed by atoms with Crippen molar-refractivity contribution < 1.29 is 14.4 Å². The highest BCUT2D eigenvalue weighted by molar-refractivity contribution is 6.35. The average Bonchev–Trinajstić information content (AvgIpc) is 2.77. The zero-order valence-corrected chi connectivity index (χ0v) is 18.4. The van der Waals surface area contributed by atoms with E-state index in [0.29, 0.717) is 19.6 Å². The van der Waals surface area contributed by atoms with Gasteiger partial charge in [-0.05, 0) is 45.0 Å². The minimum absolute atomic E-state index is 0.112. The van der Waals surface area contributed by atoms with Gasteiger partial charge in [0.15, 0.2) is 0 Å². The molecule has 0 bridgehead atoms. The molecule has 2 aliphatic rings. The number of benzene rings is 1. The number of hydrogen-bond donors (Lipinski definition) is 0. The van der Waals surface area contributed by atoms with Gasteiger partial charge in [0.25, 0.3) is 0 Å². The van der Waals surface area contributed by atoms with Crippen LogP contribution in [0.4, 0.5) is 0 Å². The topological polar surface area (TPSA) is 64.2 Å². The van der Waals surface area contributed by atoms with Crippen LogP contribution in [-0.4, -0.2) is 90.2 Å². The van der Waals surface area contributed by atoms with Gasteiger partial charge in [0.05, 0.1) is 0 Å². The molecule has 7 nitrogen and oxygen atoms in total. The second-order valence-corrected chi connectivity index (χ2v) is 8.44. The van der Waals surface area contributed by atoms with E-state index in [1.807, 2.05) is 37.4 Å². The van der Waals surface area contributed by atoms with E-state index in [0.717, 1.165) is 44.3 Å². The predicted octanol–water partition coefficient (Wildman–Crippen LogP) is 1.75. The molecule has 1 atom stereocenters. The Morgan fingerprint density at radius 3 is 2.37 bits per heavy atom. The number of hydrogen-bond acceptors (Lipinski definition) is 4. The molecule has 164 valence electrons. The molecule has 2 heterocycles. The second-order valence-electron chi connectivity index (χ2n) is 8.44. The lowest BCUT2D eigenvalue weighted by Gasteiger charge is -2.41. The molecule has 0 saturated carbocycles. The number of carbonyl (C=O) groups is 3. The third kappa shape index (κ3) is 4.83. The van der Waals surface area contributed by atoms with Gasteiger partial charge in [0.2, 0.25) is 5.91 Å². The maximum atomic E-state index is 13.6. The van der Waals surface area contributed by atoms with Gasteiger partial charge in [-0.25, -0.2) is 0 Å². The zero-order chi connectivity index (χ0) is 21.7. The summed E-state index contributed by atoms with van der Waals surface area (Å²) in [5.74, 6) is -1.18. The van der Waals surface area contributed by atoms with E-state index in [1.165, 1.54) is 4.90 Å². The summed E-state index contributed by atoms with van der Waals surface area (Å²) in [7, 11) is 3.92. The van der Waals surface area contributed by atoms with E-state index in [-0.39, 0.29) is 11.9 Å². The van der Waals surface area contributed by atoms with E-state index in [4.69, 9.17) is 0 Å². The van der Waals surface area contributed by atoms with Crippen LogP contribution in [0.25, 0.3) is 0 Å². The molecule has 2 saturated heterocycles. The molecule has 0 unspecified atom stereocenters. The molecular weight excluding hydrogens is 380 g/mol.